The molecule has 1 aliphatic heterocycles. The molecule has 0 aliphatic carbocycles. The van der Waals surface area contributed by atoms with Crippen LogP contribution in [0.2, 0.25) is 10.0 Å². The summed E-state index contributed by atoms with van der Waals surface area (Å²) in [5.41, 5.74) is 0.730. The Hall–Kier alpha value is -1.72. The molecule has 0 spiro atoms. The molecule has 0 unspecified atom stereocenters. The first kappa shape index (κ1) is 18.6. The predicted molar refractivity (Wildman–Crippen MR) is 95.3 cm³/mol. The Morgan fingerprint density at radius 2 is 2.04 bits per heavy atom. The van der Waals surface area contributed by atoms with E-state index in [0.29, 0.717) is 42.6 Å². The van der Waals surface area contributed by atoms with Crippen molar-refractivity contribution >= 4 is 41.3 Å². The maximum atomic E-state index is 12.0. The van der Waals surface area contributed by atoms with Crippen LogP contribution < -0.4 is 5.32 Å². The van der Waals surface area contributed by atoms with Gasteiger partial charge in [-0.1, -0.05) is 29.3 Å². The number of halogens is 2. The van der Waals surface area contributed by atoms with Crippen molar-refractivity contribution in [2.45, 2.75) is 25.8 Å². The first-order valence-electron chi connectivity index (χ1n) is 7.85. The van der Waals surface area contributed by atoms with Crippen molar-refractivity contribution in [3.05, 3.63) is 39.9 Å². The number of likely N-dealkylation sites (tertiary alicyclic amines) is 1. The monoisotopic (exact) mass is 370 g/mol. The van der Waals surface area contributed by atoms with E-state index in [9.17, 15) is 9.59 Å². The second-order valence-corrected chi connectivity index (χ2v) is 6.31. The second-order valence-electron chi connectivity index (χ2n) is 5.47. The van der Waals surface area contributed by atoms with Crippen LogP contribution in [0, 0.1) is 0 Å². The van der Waals surface area contributed by atoms with Crippen molar-refractivity contribution in [3.8, 4) is 0 Å². The van der Waals surface area contributed by atoms with Gasteiger partial charge in [-0.3, -0.25) is 4.79 Å². The summed E-state index contributed by atoms with van der Waals surface area (Å²) in [6, 6.07) is 5.15. The average molecular weight is 371 g/mol. The highest BCUT2D eigenvalue weighted by Crippen LogP contribution is 2.22. The van der Waals surface area contributed by atoms with E-state index in [0.717, 1.165) is 5.56 Å². The number of rotatable bonds is 4. The quantitative estimate of drug-likeness (QED) is 0.821. The molecule has 0 saturated carbocycles. The highest BCUT2D eigenvalue weighted by molar-refractivity contribution is 6.35. The second kappa shape index (κ2) is 8.94. The third-order valence-corrected chi connectivity index (χ3v) is 4.31. The van der Waals surface area contributed by atoms with Gasteiger partial charge >= 0.3 is 6.09 Å². The topological polar surface area (TPSA) is 58.6 Å². The molecule has 1 N–H and O–H groups in total. The molecule has 2 amide bonds. The molecule has 1 fully saturated rings. The van der Waals surface area contributed by atoms with Crippen molar-refractivity contribution in [2.75, 3.05) is 19.7 Å². The van der Waals surface area contributed by atoms with Gasteiger partial charge in [-0.15, -0.1) is 0 Å². The summed E-state index contributed by atoms with van der Waals surface area (Å²) in [4.78, 5) is 25.3. The summed E-state index contributed by atoms with van der Waals surface area (Å²) in [5.74, 6) is -0.185. The highest BCUT2D eigenvalue weighted by Gasteiger charge is 2.23. The number of carbonyl (C=O) groups excluding carboxylic acids is 2. The van der Waals surface area contributed by atoms with Gasteiger partial charge in [0.25, 0.3) is 0 Å². The van der Waals surface area contributed by atoms with E-state index < -0.39 is 0 Å². The van der Waals surface area contributed by atoms with Crippen molar-refractivity contribution in [3.63, 3.8) is 0 Å². The van der Waals surface area contributed by atoms with Gasteiger partial charge in [-0.05, 0) is 43.5 Å². The number of benzene rings is 1. The van der Waals surface area contributed by atoms with Crippen LogP contribution in [-0.4, -0.2) is 42.6 Å². The molecular formula is C17H20Cl2N2O3. The smallest absolute Gasteiger partial charge is 0.409 e. The molecule has 1 aromatic carbocycles. The van der Waals surface area contributed by atoms with E-state index in [2.05, 4.69) is 5.32 Å². The number of ether oxygens (including phenoxy) is 1. The fourth-order valence-corrected chi connectivity index (χ4v) is 2.94. The lowest BCUT2D eigenvalue weighted by molar-refractivity contribution is -0.117. The van der Waals surface area contributed by atoms with E-state index in [1.807, 2.05) is 0 Å². The summed E-state index contributed by atoms with van der Waals surface area (Å²) in [5, 5.41) is 3.98. The minimum absolute atomic E-state index is 0.0496. The van der Waals surface area contributed by atoms with Crippen LogP contribution in [0.1, 0.15) is 25.3 Å². The van der Waals surface area contributed by atoms with Crippen LogP contribution in [0.5, 0.6) is 0 Å². The molecule has 130 valence electrons. The van der Waals surface area contributed by atoms with E-state index in [-0.39, 0.29) is 18.0 Å². The Morgan fingerprint density at radius 3 is 2.67 bits per heavy atom. The number of carbonyl (C=O) groups is 2. The van der Waals surface area contributed by atoms with Gasteiger partial charge in [0, 0.05) is 35.3 Å². The lowest BCUT2D eigenvalue weighted by atomic mass is 10.1. The van der Waals surface area contributed by atoms with Gasteiger partial charge in [0.2, 0.25) is 5.91 Å². The van der Waals surface area contributed by atoms with E-state index >= 15 is 0 Å². The fourth-order valence-electron chi connectivity index (χ4n) is 2.47. The van der Waals surface area contributed by atoms with Gasteiger partial charge in [0.05, 0.1) is 6.61 Å². The molecule has 1 aromatic rings. The van der Waals surface area contributed by atoms with Gasteiger partial charge in [-0.2, -0.15) is 0 Å². The van der Waals surface area contributed by atoms with Gasteiger partial charge in [0.15, 0.2) is 0 Å². The van der Waals surface area contributed by atoms with Crippen molar-refractivity contribution in [2.24, 2.45) is 0 Å². The standard InChI is InChI=1S/C17H20Cl2N2O3/c1-2-24-17(23)21-9-7-14(8-10-21)20-16(22)6-4-12-3-5-13(18)11-15(12)19/h3-6,11,14H,2,7-10H2,1H3,(H,20,22)/b6-4+. The molecule has 1 saturated heterocycles. The van der Waals surface area contributed by atoms with Crippen molar-refractivity contribution < 1.29 is 14.3 Å². The molecule has 0 radical (unpaired) electrons. The lowest BCUT2D eigenvalue weighted by Crippen LogP contribution is -2.46. The summed E-state index contributed by atoms with van der Waals surface area (Å²) in [6.07, 6.45) is 4.23. The summed E-state index contributed by atoms with van der Waals surface area (Å²) < 4.78 is 4.97. The number of nitrogens with one attached hydrogen (secondary N) is 1. The van der Waals surface area contributed by atoms with Crippen LogP contribution >= 0.6 is 23.2 Å². The zero-order chi connectivity index (χ0) is 17.5. The average Bonchev–Trinajstić information content (AvgIpc) is 2.55. The zero-order valence-electron chi connectivity index (χ0n) is 13.4. The first-order chi connectivity index (χ1) is 11.5. The Bertz CT molecular complexity index is 626. The predicted octanol–water partition coefficient (Wildman–Crippen LogP) is 3.74. The van der Waals surface area contributed by atoms with Crippen molar-refractivity contribution in [1.29, 1.82) is 0 Å². The molecule has 0 atom stereocenters. The molecule has 7 heteroatoms. The largest absolute Gasteiger partial charge is 0.450 e. The van der Waals surface area contributed by atoms with Crippen LogP contribution in [0.3, 0.4) is 0 Å². The fraction of sp³-hybridized carbons (Fsp3) is 0.412. The third kappa shape index (κ3) is 5.42. The molecular weight excluding hydrogens is 351 g/mol. The SMILES string of the molecule is CCOC(=O)N1CCC(NC(=O)/C=C/c2ccc(Cl)cc2Cl)CC1. The Morgan fingerprint density at radius 1 is 1.33 bits per heavy atom. The number of nitrogens with zero attached hydrogens (tertiary/aromatic N) is 1. The van der Waals surface area contributed by atoms with Gasteiger partial charge < -0.3 is 15.0 Å². The molecule has 0 aromatic heterocycles. The van der Waals surface area contributed by atoms with Gasteiger partial charge in [0.1, 0.15) is 0 Å². The third-order valence-electron chi connectivity index (χ3n) is 3.74. The van der Waals surface area contributed by atoms with E-state index in [1.165, 1.54) is 6.08 Å². The zero-order valence-corrected chi connectivity index (χ0v) is 14.9. The molecule has 1 heterocycles. The highest BCUT2D eigenvalue weighted by atomic mass is 35.5. The Kier molecular flexibility index (Phi) is 6.94. The number of amides is 2. The normalized spacial score (nSPS) is 15.5. The number of hydrogen-bond acceptors (Lipinski definition) is 3. The van der Waals surface area contributed by atoms with Crippen LogP contribution in [0.4, 0.5) is 4.79 Å². The summed E-state index contributed by atoms with van der Waals surface area (Å²) >= 11 is 11.9. The minimum Gasteiger partial charge on any atom is -0.450 e. The Labute approximate surface area is 151 Å². The van der Waals surface area contributed by atoms with Gasteiger partial charge in [-0.25, -0.2) is 4.79 Å². The molecule has 2 rings (SSSR count). The molecule has 24 heavy (non-hydrogen) atoms. The number of piperidine rings is 1. The molecule has 0 bridgehead atoms. The number of hydrogen-bond donors (Lipinski definition) is 1. The molecule has 1 aliphatic rings. The first-order valence-corrected chi connectivity index (χ1v) is 8.60. The van der Waals surface area contributed by atoms with Crippen LogP contribution in [0.15, 0.2) is 24.3 Å². The minimum atomic E-state index is -0.292. The lowest BCUT2D eigenvalue weighted by Gasteiger charge is -2.31. The van der Waals surface area contributed by atoms with Crippen LogP contribution in [-0.2, 0) is 9.53 Å². The Balaban J connectivity index is 1.81. The van der Waals surface area contributed by atoms with E-state index in [1.54, 1.807) is 36.1 Å². The van der Waals surface area contributed by atoms with Crippen LogP contribution in [0.25, 0.3) is 6.08 Å². The van der Waals surface area contributed by atoms with Crippen molar-refractivity contribution in [1.82, 2.24) is 10.2 Å². The van der Waals surface area contributed by atoms with E-state index in [4.69, 9.17) is 27.9 Å². The maximum Gasteiger partial charge on any atom is 0.409 e. The summed E-state index contributed by atoms with van der Waals surface area (Å²) in [6.45, 7) is 3.31. The molecule has 5 nitrogen and oxygen atoms in total. The maximum absolute atomic E-state index is 12.0. The summed E-state index contributed by atoms with van der Waals surface area (Å²) in [7, 11) is 0.